The Hall–Kier alpha value is -1.73. The molecule has 1 heterocycles. The molecule has 0 aromatic carbocycles. The van der Waals surface area contributed by atoms with Gasteiger partial charge in [-0.15, -0.1) is 0 Å². The number of likely N-dealkylation sites (N-methyl/N-ethyl adjacent to an activating group) is 2. The molecule has 1 rings (SSSR count). The van der Waals surface area contributed by atoms with Crippen molar-refractivity contribution in [2.45, 2.75) is 6.54 Å². The second kappa shape index (κ2) is 8.44. The van der Waals surface area contributed by atoms with Gasteiger partial charge in [-0.05, 0) is 0 Å². The molecule has 1 N–H and O–H groups in total. The van der Waals surface area contributed by atoms with Gasteiger partial charge >= 0.3 is 0 Å². The first-order valence-electron chi connectivity index (χ1n) is 6.46. The fourth-order valence-electron chi connectivity index (χ4n) is 1.46. The molecule has 0 atom stereocenters. The fraction of sp³-hybridized carbons (Fsp3) is 0.615. The molecule has 7 nitrogen and oxygen atoms in total. The van der Waals surface area contributed by atoms with Crippen LogP contribution in [0.1, 0.15) is 5.56 Å². The number of ether oxygens (including phenoxy) is 1. The van der Waals surface area contributed by atoms with Crippen molar-refractivity contribution in [3.63, 3.8) is 0 Å². The number of methoxy groups -OCH3 is 1. The Kier molecular flexibility index (Phi) is 6.89. The van der Waals surface area contributed by atoms with Crippen LogP contribution in [0.15, 0.2) is 12.4 Å². The minimum Gasteiger partial charge on any atom is -0.383 e. The van der Waals surface area contributed by atoms with Crippen LogP contribution >= 0.6 is 0 Å². The maximum absolute atomic E-state index is 11.6. The molecule has 7 heteroatoms. The largest absolute Gasteiger partial charge is 0.383 e. The van der Waals surface area contributed by atoms with Crippen molar-refractivity contribution >= 4 is 11.9 Å². The Labute approximate surface area is 119 Å². The second-order valence-corrected chi connectivity index (χ2v) is 4.71. The summed E-state index contributed by atoms with van der Waals surface area (Å²) < 4.78 is 4.95. The highest BCUT2D eigenvalue weighted by Gasteiger charge is 2.11. The minimum atomic E-state index is 0.0152. The van der Waals surface area contributed by atoms with Crippen molar-refractivity contribution in [3.05, 3.63) is 18.0 Å². The summed E-state index contributed by atoms with van der Waals surface area (Å²) in [6, 6.07) is 0. The van der Waals surface area contributed by atoms with Crippen molar-refractivity contribution in [1.29, 1.82) is 0 Å². The van der Waals surface area contributed by atoms with Gasteiger partial charge in [0.25, 0.3) is 0 Å². The molecule has 0 aliphatic rings. The molecule has 0 aliphatic heterocycles. The zero-order valence-corrected chi connectivity index (χ0v) is 12.6. The predicted molar refractivity (Wildman–Crippen MR) is 77.6 cm³/mol. The number of hydrogen-bond donors (Lipinski definition) is 1. The third kappa shape index (κ3) is 5.50. The minimum absolute atomic E-state index is 0.0152. The normalized spacial score (nSPS) is 10.4. The lowest BCUT2D eigenvalue weighted by Gasteiger charge is -2.19. The topological polar surface area (TPSA) is 70.6 Å². The van der Waals surface area contributed by atoms with Gasteiger partial charge in [0.1, 0.15) is 0 Å². The molecular formula is C13H23N5O2. The van der Waals surface area contributed by atoms with E-state index in [2.05, 4.69) is 15.3 Å². The summed E-state index contributed by atoms with van der Waals surface area (Å²) in [7, 11) is 6.93. The fourth-order valence-corrected chi connectivity index (χ4v) is 1.46. The van der Waals surface area contributed by atoms with E-state index in [0.29, 0.717) is 19.1 Å². The highest BCUT2D eigenvalue weighted by Crippen LogP contribution is 2.05. The van der Waals surface area contributed by atoms with Gasteiger partial charge in [-0.3, -0.25) is 4.79 Å². The zero-order valence-electron chi connectivity index (χ0n) is 12.6. The van der Waals surface area contributed by atoms with Crippen LogP contribution in [-0.4, -0.2) is 68.7 Å². The van der Waals surface area contributed by atoms with Gasteiger partial charge in [0, 0.05) is 59.3 Å². The van der Waals surface area contributed by atoms with Crippen molar-refractivity contribution in [3.8, 4) is 0 Å². The van der Waals surface area contributed by atoms with Gasteiger partial charge in [0.15, 0.2) is 0 Å². The summed E-state index contributed by atoms with van der Waals surface area (Å²) >= 11 is 0. The SMILES string of the molecule is COCCNCc1cnc(N(C)CC(=O)N(C)C)nc1. The summed E-state index contributed by atoms with van der Waals surface area (Å²) in [4.78, 5) is 23.4. The molecule has 0 radical (unpaired) electrons. The maximum atomic E-state index is 11.6. The van der Waals surface area contributed by atoms with Crippen LogP contribution < -0.4 is 10.2 Å². The molecule has 0 unspecified atom stereocenters. The van der Waals surface area contributed by atoms with Gasteiger partial charge in [-0.1, -0.05) is 0 Å². The Morgan fingerprint density at radius 2 is 1.95 bits per heavy atom. The second-order valence-electron chi connectivity index (χ2n) is 4.71. The average molecular weight is 281 g/mol. The number of nitrogens with zero attached hydrogens (tertiary/aromatic N) is 4. The van der Waals surface area contributed by atoms with E-state index in [0.717, 1.165) is 12.1 Å². The molecule has 1 aromatic heterocycles. The molecule has 20 heavy (non-hydrogen) atoms. The van der Waals surface area contributed by atoms with E-state index in [1.807, 2.05) is 0 Å². The van der Waals surface area contributed by atoms with Crippen LogP contribution in [-0.2, 0) is 16.1 Å². The van der Waals surface area contributed by atoms with Crippen molar-refractivity contribution in [2.75, 3.05) is 52.8 Å². The number of aromatic nitrogens is 2. The summed E-state index contributed by atoms with van der Waals surface area (Å²) in [5.41, 5.74) is 0.997. The summed E-state index contributed by atoms with van der Waals surface area (Å²) in [6.45, 7) is 2.42. The van der Waals surface area contributed by atoms with E-state index in [1.54, 1.807) is 50.4 Å². The maximum Gasteiger partial charge on any atom is 0.241 e. The number of amides is 1. The van der Waals surface area contributed by atoms with E-state index < -0.39 is 0 Å². The summed E-state index contributed by atoms with van der Waals surface area (Å²) in [6.07, 6.45) is 3.53. The van der Waals surface area contributed by atoms with E-state index in [-0.39, 0.29) is 12.5 Å². The molecule has 0 saturated carbocycles. The Morgan fingerprint density at radius 1 is 1.30 bits per heavy atom. The summed E-state index contributed by atoms with van der Waals surface area (Å²) in [5.74, 6) is 0.558. The molecule has 1 amide bonds. The molecule has 0 spiro atoms. The smallest absolute Gasteiger partial charge is 0.241 e. The van der Waals surface area contributed by atoms with E-state index >= 15 is 0 Å². The van der Waals surface area contributed by atoms with Crippen LogP contribution in [0.3, 0.4) is 0 Å². The number of rotatable bonds is 8. The van der Waals surface area contributed by atoms with Crippen molar-refractivity contribution in [2.24, 2.45) is 0 Å². The lowest BCUT2D eigenvalue weighted by atomic mass is 10.3. The molecule has 0 bridgehead atoms. The lowest BCUT2D eigenvalue weighted by Crippen LogP contribution is -2.35. The van der Waals surface area contributed by atoms with E-state index in [1.165, 1.54) is 0 Å². The predicted octanol–water partition coefficient (Wildman–Crippen LogP) is -0.263. The van der Waals surface area contributed by atoms with E-state index in [4.69, 9.17) is 4.74 Å². The van der Waals surface area contributed by atoms with Crippen LogP contribution in [0.2, 0.25) is 0 Å². The molecular weight excluding hydrogens is 258 g/mol. The molecule has 0 aliphatic carbocycles. The number of nitrogens with one attached hydrogen (secondary N) is 1. The van der Waals surface area contributed by atoms with Gasteiger partial charge in [-0.2, -0.15) is 0 Å². The van der Waals surface area contributed by atoms with Crippen LogP contribution in [0, 0.1) is 0 Å². The quantitative estimate of drug-likeness (QED) is 0.662. The molecule has 1 aromatic rings. The van der Waals surface area contributed by atoms with Crippen LogP contribution in [0.4, 0.5) is 5.95 Å². The van der Waals surface area contributed by atoms with Gasteiger partial charge in [-0.25, -0.2) is 9.97 Å². The first kappa shape index (κ1) is 16.3. The Morgan fingerprint density at radius 3 is 2.50 bits per heavy atom. The van der Waals surface area contributed by atoms with Crippen LogP contribution in [0.25, 0.3) is 0 Å². The van der Waals surface area contributed by atoms with Crippen LogP contribution in [0.5, 0.6) is 0 Å². The van der Waals surface area contributed by atoms with E-state index in [9.17, 15) is 4.79 Å². The number of hydrogen-bond acceptors (Lipinski definition) is 6. The van der Waals surface area contributed by atoms with Gasteiger partial charge < -0.3 is 19.9 Å². The number of anilines is 1. The Balaban J connectivity index is 2.46. The summed E-state index contributed by atoms with van der Waals surface area (Å²) in [5, 5.41) is 3.22. The van der Waals surface area contributed by atoms with Gasteiger partial charge in [0.05, 0.1) is 13.2 Å². The lowest BCUT2D eigenvalue weighted by molar-refractivity contribution is -0.127. The highest BCUT2D eigenvalue weighted by atomic mass is 16.5. The Bertz CT molecular complexity index is 408. The third-order valence-corrected chi connectivity index (χ3v) is 2.72. The van der Waals surface area contributed by atoms with Crippen molar-refractivity contribution in [1.82, 2.24) is 20.2 Å². The zero-order chi connectivity index (χ0) is 15.0. The third-order valence-electron chi connectivity index (χ3n) is 2.72. The first-order valence-corrected chi connectivity index (χ1v) is 6.46. The van der Waals surface area contributed by atoms with Crippen molar-refractivity contribution < 1.29 is 9.53 Å². The standard InChI is InChI=1S/C13H23N5O2/c1-17(2)12(19)10-18(3)13-15-8-11(9-16-13)7-14-5-6-20-4/h8-9,14H,5-7,10H2,1-4H3. The molecule has 0 saturated heterocycles. The average Bonchev–Trinajstić information content (AvgIpc) is 2.44. The molecule has 112 valence electrons. The monoisotopic (exact) mass is 281 g/mol. The molecule has 0 fully saturated rings. The number of carbonyl (C=O) groups is 1. The van der Waals surface area contributed by atoms with Gasteiger partial charge in [0.2, 0.25) is 11.9 Å². The number of carbonyl (C=O) groups excluding carboxylic acids is 1. The highest BCUT2D eigenvalue weighted by molar-refractivity contribution is 5.80. The first-order chi connectivity index (χ1) is 9.54.